The second-order valence-corrected chi connectivity index (χ2v) is 6.77. The highest BCUT2D eigenvalue weighted by molar-refractivity contribution is 7.11. The number of aliphatic hydroxyl groups is 1. The molecule has 3 N–H and O–H groups in total. The van der Waals surface area contributed by atoms with Crippen LogP contribution >= 0.6 is 11.3 Å². The standard InChI is InChI=1S/C13H21N3O2S/c1-9-6-14-11(19-9)7-15-12(18)16-10-4-3-5-13(10,2)8-17/h6,10,17H,3-5,7-8H2,1-2H3,(H2,15,16,18). The number of rotatable bonds is 4. The molecule has 1 aromatic heterocycles. The predicted octanol–water partition coefficient (Wildman–Crippen LogP) is 1.80. The third-order valence-corrected chi connectivity index (χ3v) is 4.73. The van der Waals surface area contributed by atoms with Crippen molar-refractivity contribution in [2.75, 3.05) is 6.61 Å². The third kappa shape index (κ3) is 3.45. The van der Waals surface area contributed by atoms with Crippen LogP contribution in [0.25, 0.3) is 0 Å². The molecule has 1 saturated carbocycles. The van der Waals surface area contributed by atoms with Crippen molar-refractivity contribution in [2.45, 2.75) is 45.7 Å². The Labute approximate surface area is 117 Å². The summed E-state index contributed by atoms with van der Waals surface area (Å²) < 4.78 is 0. The van der Waals surface area contributed by atoms with Crippen LogP contribution in [0.4, 0.5) is 4.79 Å². The van der Waals surface area contributed by atoms with Gasteiger partial charge in [-0.1, -0.05) is 13.3 Å². The van der Waals surface area contributed by atoms with Crippen molar-refractivity contribution in [3.8, 4) is 0 Å². The van der Waals surface area contributed by atoms with Gasteiger partial charge in [0.15, 0.2) is 0 Å². The topological polar surface area (TPSA) is 74.2 Å². The Hall–Kier alpha value is -1.14. The summed E-state index contributed by atoms with van der Waals surface area (Å²) in [6.45, 7) is 4.58. The Morgan fingerprint density at radius 2 is 2.47 bits per heavy atom. The molecule has 0 aliphatic heterocycles. The van der Waals surface area contributed by atoms with E-state index in [1.807, 2.05) is 13.8 Å². The molecule has 6 heteroatoms. The van der Waals surface area contributed by atoms with Crippen molar-refractivity contribution in [1.29, 1.82) is 0 Å². The number of aryl methyl sites for hydroxylation is 1. The van der Waals surface area contributed by atoms with Crippen LogP contribution in [0.5, 0.6) is 0 Å². The largest absolute Gasteiger partial charge is 0.396 e. The van der Waals surface area contributed by atoms with Gasteiger partial charge in [-0.15, -0.1) is 11.3 Å². The minimum atomic E-state index is -0.185. The molecule has 0 bridgehead atoms. The molecule has 2 rings (SSSR count). The van der Waals surface area contributed by atoms with Crippen molar-refractivity contribution in [3.05, 3.63) is 16.1 Å². The van der Waals surface area contributed by atoms with Crippen molar-refractivity contribution in [1.82, 2.24) is 15.6 Å². The van der Waals surface area contributed by atoms with E-state index >= 15 is 0 Å². The maximum atomic E-state index is 11.9. The average Bonchev–Trinajstić information content (AvgIpc) is 2.95. The number of urea groups is 1. The fraction of sp³-hybridized carbons (Fsp3) is 0.692. The maximum Gasteiger partial charge on any atom is 0.315 e. The summed E-state index contributed by atoms with van der Waals surface area (Å²) in [5.41, 5.74) is -0.185. The maximum absolute atomic E-state index is 11.9. The molecule has 2 unspecified atom stereocenters. The second-order valence-electron chi connectivity index (χ2n) is 5.45. The molecular weight excluding hydrogens is 262 g/mol. The van der Waals surface area contributed by atoms with Crippen LogP contribution < -0.4 is 10.6 Å². The summed E-state index contributed by atoms with van der Waals surface area (Å²) in [6, 6.07) is -0.130. The van der Waals surface area contributed by atoms with E-state index in [1.165, 1.54) is 0 Å². The van der Waals surface area contributed by atoms with E-state index in [4.69, 9.17) is 0 Å². The second kappa shape index (κ2) is 5.88. The van der Waals surface area contributed by atoms with Crippen molar-refractivity contribution in [2.24, 2.45) is 5.41 Å². The molecular formula is C13H21N3O2S. The van der Waals surface area contributed by atoms with Crippen molar-refractivity contribution < 1.29 is 9.90 Å². The fourth-order valence-electron chi connectivity index (χ4n) is 2.52. The Morgan fingerprint density at radius 1 is 1.68 bits per heavy atom. The molecule has 1 fully saturated rings. The van der Waals surface area contributed by atoms with Crippen molar-refractivity contribution in [3.63, 3.8) is 0 Å². The highest BCUT2D eigenvalue weighted by Crippen LogP contribution is 2.37. The van der Waals surface area contributed by atoms with E-state index in [9.17, 15) is 9.90 Å². The van der Waals surface area contributed by atoms with Gasteiger partial charge in [0.1, 0.15) is 5.01 Å². The molecule has 2 amide bonds. The minimum Gasteiger partial charge on any atom is -0.396 e. The zero-order chi connectivity index (χ0) is 13.9. The van der Waals surface area contributed by atoms with E-state index < -0.39 is 0 Å². The van der Waals surface area contributed by atoms with Gasteiger partial charge < -0.3 is 15.7 Å². The summed E-state index contributed by atoms with van der Waals surface area (Å²) in [6.07, 6.45) is 4.74. The molecule has 0 radical (unpaired) electrons. The lowest BCUT2D eigenvalue weighted by molar-refractivity contribution is 0.121. The van der Waals surface area contributed by atoms with Gasteiger partial charge in [0.2, 0.25) is 0 Å². The Bertz CT molecular complexity index is 449. The number of aliphatic hydroxyl groups excluding tert-OH is 1. The molecule has 0 spiro atoms. The van der Waals surface area contributed by atoms with Crippen LogP contribution in [0.1, 0.15) is 36.1 Å². The summed E-state index contributed by atoms with van der Waals surface area (Å²) in [7, 11) is 0. The van der Waals surface area contributed by atoms with Crippen LogP contribution in [0.3, 0.4) is 0 Å². The molecule has 106 valence electrons. The van der Waals surface area contributed by atoms with E-state index in [-0.39, 0.29) is 24.1 Å². The first-order chi connectivity index (χ1) is 9.03. The lowest BCUT2D eigenvalue weighted by Crippen LogP contribution is -2.48. The van der Waals surface area contributed by atoms with E-state index in [2.05, 4.69) is 15.6 Å². The minimum absolute atomic E-state index is 0.0514. The number of thiazole rings is 1. The lowest BCUT2D eigenvalue weighted by Gasteiger charge is -2.30. The number of nitrogens with one attached hydrogen (secondary N) is 2. The zero-order valence-corrected chi connectivity index (χ0v) is 12.2. The third-order valence-electron chi connectivity index (χ3n) is 3.82. The molecule has 1 aliphatic rings. The Balaban J connectivity index is 1.81. The summed E-state index contributed by atoms with van der Waals surface area (Å²) in [5.74, 6) is 0. The van der Waals surface area contributed by atoms with E-state index in [0.717, 1.165) is 29.1 Å². The number of amides is 2. The Morgan fingerprint density at radius 3 is 3.11 bits per heavy atom. The average molecular weight is 283 g/mol. The smallest absolute Gasteiger partial charge is 0.315 e. The van der Waals surface area contributed by atoms with Crippen LogP contribution in [-0.2, 0) is 6.54 Å². The normalized spacial score (nSPS) is 26.4. The van der Waals surface area contributed by atoms with Crippen LogP contribution in [-0.4, -0.2) is 28.8 Å². The number of aromatic nitrogens is 1. The molecule has 19 heavy (non-hydrogen) atoms. The lowest BCUT2D eigenvalue weighted by atomic mass is 9.86. The van der Waals surface area contributed by atoms with Gasteiger partial charge in [0.05, 0.1) is 13.2 Å². The van der Waals surface area contributed by atoms with Gasteiger partial charge in [0.25, 0.3) is 0 Å². The quantitative estimate of drug-likeness (QED) is 0.789. The van der Waals surface area contributed by atoms with Gasteiger partial charge in [-0.3, -0.25) is 0 Å². The highest BCUT2D eigenvalue weighted by Gasteiger charge is 2.39. The Kier molecular flexibility index (Phi) is 4.42. The first-order valence-corrected chi connectivity index (χ1v) is 7.42. The van der Waals surface area contributed by atoms with Gasteiger partial charge in [0, 0.05) is 22.5 Å². The molecule has 0 saturated heterocycles. The summed E-state index contributed by atoms with van der Waals surface area (Å²) in [4.78, 5) is 17.2. The highest BCUT2D eigenvalue weighted by atomic mass is 32.1. The summed E-state index contributed by atoms with van der Waals surface area (Å²) >= 11 is 1.58. The number of hydrogen-bond donors (Lipinski definition) is 3. The van der Waals surface area contributed by atoms with E-state index in [0.29, 0.717) is 6.54 Å². The molecule has 0 aromatic carbocycles. The van der Waals surface area contributed by atoms with Crippen LogP contribution in [0, 0.1) is 12.3 Å². The predicted molar refractivity (Wildman–Crippen MR) is 75.1 cm³/mol. The van der Waals surface area contributed by atoms with Gasteiger partial charge in [-0.05, 0) is 19.8 Å². The van der Waals surface area contributed by atoms with Gasteiger partial charge >= 0.3 is 6.03 Å². The fourth-order valence-corrected chi connectivity index (χ4v) is 3.24. The van der Waals surface area contributed by atoms with Crippen molar-refractivity contribution >= 4 is 17.4 Å². The molecule has 5 nitrogen and oxygen atoms in total. The zero-order valence-electron chi connectivity index (χ0n) is 11.4. The molecule has 1 aromatic rings. The number of carbonyl (C=O) groups is 1. The van der Waals surface area contributed by atoms with Crippen LogP contribution in [0.2, 0.25) is 0 Å². The first kappa shape index (κ1) is 14.3. The van der Waals surface area contributed by atoms with E-state index in [1.54, 1.807) is 17.5 Å². The van der Waals surface area contributed by atoms with Gasteiger partial charge in [-0.25, -0.2) is 9.78 Å². The first-order valence-electron chi connectivity index (χ1n) is 6.60. The van der Waals surface area contributed by atoms with Crippen LogP contribution in [0.15, 0.2) is 6.20 Å². The molecule has 1 aliphatic carbocycles. The number of carbonyl (C=O) groups excluding carboxylic acids is 1. The van der Waals surface area contributed by atoms with Gasteiger partial charge in [-0.2, -0.15) is 0 Å². The molecule has 1 heterocycles. The monoisotopic (exact) mass is 283 g/mol. The molecule has 2 atom stereocenters. The summed E-state index contributed by atoms with van der Waals surface area (Å²) in [5, 5.41) is 16.1. The SMILES string of the molecule is Cc1cnc(CNC(=O)NC2CCCC2(C)CO)s1. The number of nitrogens with zero attached hydrogens (tertiary/aromatic N) is 1. The number of hydrogen-bond acceptors (Lipinski definition) is 4.